The number of methoxy groups -OCH3 is 1. The van der Waals surface area contributed by atoms with Gasteiger partial charge in [0.2, 0.25) is 5.91 Å². The van der Waals surface area contributed by atoms with Crippen LogP contribution in [0.25, 0.3) is 0 Å². The SMILES string of the molecule is CCC(CC)(CNC(=O)CC(CN)OC)c1ccccc1.Cl. The van der Waals surface area contributed by atoms with Crippen molar-refractivity contribution in [3.05, 3.63) is 35.9 Å². The molecule has 0 heterocycles. The number of carbonyl (C=O) groups excluding carboxylic acids is 1. The van der Waals surface area contributed by atoms with Crippen LogP contribution in [-0.4, -0.2) is 32.2 Å². The minimum Gasteiger partial charge on any atom is -0.380 e. The molecule has 0 spiro atoms. The quantitative estimate of drug-likeness (QED) is 0.732. The van der Waals surface area contributed by atoms with Gasteiger partial charge in [-0.05, 0) is 18.4 Å². The first-order chi connectivity index (χ1) is 10.1. The number of rotatable bonds is 9. The predicted molar refractivity (Wildman–Crippen MR) is 93.4 cm³/mol. The molecule has 0 radical (unpaired) electrons. The Morgan fingerprint density at radius 1 is 1.27 bits per heavy atom. The summed E-state index contributed by atoms with van der Waals surface area (Å²) in [7, 11) is 1.58. The second-order valence-corrected chi connectivity index (χ2v) is 5.43. The number of hydrogen-bond acceptors (Lipinski definition) is 3. The van der Waals surface area contributed by atoms with E-state index in [4.69, 9.17) is 10.5 Å². The van der Waals surface area contributed by atoms with E-state index in [-0.39, 0.29) is 29.8 Å². The summed E-state index contributed by atoms with van der Waals surface area (Å²) in [6, 6.07) is 10.4. The van der Waals surface area contributed by atoms with Crippen molar-refractivity contribution in [2.75, 3.05) is 20.2 Å². The highest BCUT2D eigenvalue weighted by Gasteiger charge is 2.28. The van der Waals surface area contributed by atoms with Gasteiger partial charge in [-0.3, -0.25) is 4.79 Å². The standard InChI is InChI=1S/C17H28N2O2.ClH/c1-4-17(5-2,14-9-7-6-8-10-14)13-19-16(20)11-15(12-18)21-3;/h6-10,15H,4-5,11-13,18H2,1-3H3,(H,19,20);1H. The molecule has 1 unspecified atom stereocenters. The van der Waals surface area contributed by atoms with E-state index < -0.39 is 0 Å². The van der Waals surface area contributed by atoms with Crippen LogP contribution >= 0.6 is 12.4 Å². The van der Waals surface area contributed by atoms with Gasteiger partial charge in [-0.2, -0.15) is 0 Å². The molecule has 1 amide bonds. The van der Waals surface area contributed by atoms with Gasteiger partial charge >= 0.3 is 0 Å². The van der Waals surface area contributed by atoms with Gasteiger partial charge in [-0.25, -0.2) is 0 Å². The summed E-state index contributed by atoms with van der Waals surface area (Å²) in [6.07, 6.45) is 2.07. The van der Waals surface area contributed by atoms with Gasteiger partial charge < -0.3 is 15.8 Å². The lowest BCUT2D eigenvalue weighted by Gasteiger charge is -2.33. The molecule has 0 saturated carbocycles. The molecule has 0 aliphatic rings. The summed E-state index contributed by atoms with van der Waals surface area (Å²) in [5.41, 5.74) is 6.82. The topological polar surface area (TPSA) is 64.4 Å². The number of benzene rings is 1. The van der Waals surface area contributed by atoms with E-state index in [9.17, 15) is 4.79 Å². The molecule has 4 nitrogen and oxygen atoms in total. The third-order valence-corrected chi connectivity index (χ3v) is 4.37. The molecule has 5 heteroatoms. The van der Waals surface area contributed by atoms with Crippen molar-refractivity contribution >= 4 is 18.3 Å². The fourth-order valence-corrected chi connectivity index (χ4v) is 2.61. The summed E-state index contributed by atoms with van der Waals surface area (Å²) in [4.78, 5) is 12.0. The molecule has 0 aliphatic heterocycles. The van der Waals surface area contributed by atoms with E-state index in [0.29, 0.717) is 19.5 Å². The predicted octanol–water partition coefficient (Wildman–Crippen LogP) is 2.65. The molecule has 1 atom stereocenters. The average molecular weight is 329 g/mol. The maximum Gasteiger partial charge on any atom is 0.222 e. The van der Waals surface area contributed by atoms with Crippen LogP contribution in [0, 0.1) is 0 Å². The Bertz CT molecular complexity index is 418. The van der Waals surface area contributed by atoms with Gasteiger partial charge in [-0.15, -0.1) is 12.4 Å². The molecule has 0 aromatic heterocycles. The van der Waals surface area contributed by atoms with Crippen LogP contribution in [0.3, 0.4) is 0 Å². The molecular formula is C17H29ClN2O2. The van der Waals surface area contributed by atoms with Crippen molar-refractivity contribution in [2.24, 2.45) is 5.73 Å². The molecule has 1 rings (SSSR count). The number of nitrogens with one attached hydrogen (secondary N) is 1. The zero-order chi connectivity index (χ0) is 15.7. The van der Waals surface area contributed by atoms with E-state index in [1.165, 1.54) is 5.56 Å². The first-order valence-corrected chi connectivity index (χ1v) is 7.67. The lowest BCUT2D eigenvalue weighted by molar-refractivity contribution is -0.123. The van der Waals surface area contributed by atoms with Crippen molar-refractivity contribution in [3.63, 3.8) is 0 Å². The highest BCUT2D eigenvalue weighted by molar-refractivity contribution is 5.85. The summed E-state index contributed by atoms with van der Waals surface area (Å²) >= 11 is 0. The van der Waals surface area contributed by atoms with Crippen molar-refractivity contribution in [3.8, 4) is 0 Å². The Labute approximate surface area is 140 Å². The lowest BCUT2D eigenvalue weighted by atomic mass is 9.76. The van der Waals surface area contributed by atoms with Gasteiger partial charge in [-0.1, -0.05) is 44.2 Å². The molecule has 3 N–H and O–H groups in total. The average Bonchev–Trinajstić information content (AvgIpc) is 2.55. The maximum atomic E-state index is 12.0. The number of ether oxygens (including phenoxy) is 1. The Morgan fingerprint density at radius 3 is 2.32 bits per heavy atom. The Hall–Kier alpha value is -1.10. The highest BCUT2D eigenvalue weighted by atomic mass is 35.5. The van der Waals surface area contributed by atoms with E-state index in [2.05, 4.69) is 31.3 Å². The molecule has 126 valence electrons. The summed E-state index contributed by atoms with van der Waals surface area (Å²) in [5.74, 6) is -0.00509. The van der Waals surface area contributed by atoms with E-state index in [0.717, 1.165) is 12.8 Å². The zero-order valence-corrected chi connectivity index (χ0v) is 14.6. The third kappa shape index (κ3) is 5.59. The molecule has 0 fully saturated rings. The van der Waals surface area contributed by atoms with Crippen LogP contribution in [0.15, 0.2) is 30.3 Å². The second-order valence-electron chi connectivity index (χ2n) is 5.43. The van der Waals surface area contributed by atoms with Gasteiger partial charge in [0.25, 0.3) is 0 Å². The first kappa shape index (κ1) is 20.9. The van der Waals surface area contributed by atoms with Gasteiger partial charge in [0, 0.05) is 25.6 Å². The van der Waals surface area contributed by atoms with Crippen molar-refractivity contribution in [1.82, 2.24) is 5.32 Å². The van der Waals surface area contributed by atoms with Crippen LogP contribution < -0.4 is 11.1 Å². The first-order valence-electron chi connectivity index (χ1n) is 7.67. The fraction of sp³-hybridized carbons (Fsp3) is 0.588. The normalized spacial score (nSPS) is 12.4. The Kier molecular flexibility index (Phi) is 10.1. The Morgan fingerprint density at radius 2 is 1.86 bits per heavy atom. The zero-order valence-electron chi connectivity index (χ0n) is 13.8. The highest BCUT2D eigenvalue weighted by Crippen LogP contribution is 2.30. The number of hydrogen-bond donors (Lipinski definition) is 2. The Balaban J connectivity index is 0.00000441. The monoisotopic (exact) mass is 328 g/mol. The van der Waals surface area contributed by atoms with Crippen molar-refractivity contribution in [1.29, 1.82) is 0 Å². The smallest absolute Gasteiger partial charge is 0.222 e. The lowest BCUT2D eigenvalue weighted by Crippen LogP contribution is -2.41. The number of amides is 1. The molecular weight excluding hydrogens is 300 g/mol. The molecule has 1 aromatic rings. The van der Waals surface area contributed by atoms with Gasteiger partial charge in [0.05, 0.1) is 12.5 Å². The van der Waals surface area contributed by atoms with Crippen LogP contribution in [0.2, 0.25) is 0 Å². The number of carbonyl (C=O) groups is 1. The van der Waals surface area contributed by atoms with E-state index in [1.807, 2.05) is 18.2 Å². The minimum atomic E-state index is -0.209. The van der Waals surface area contributed by atoms with Gasteiger partial charge in [0.15, 0.2) is 0 Å². The maximum absolute atomic E-state index is 12.0. The largest absolute Gasteiger partial charge is 0.380 e. The molecule has 0 saturated heterocycles. The number of halogens is 1. The van der Waals surface area contributed by atoms with Crippen molar-refractivity contribution in [2.45, 2.75) is 44.6 Å². The van der Waals surface area contributed by atoms with Crippen LogP contribution in [0.1, 0.15) is 38.7 Å². The second kappa shape index (κ2) is 10.6. The van der Waals surface area contributed by atoms with Crippen LogP contribution in [0.4, 0.5) is 0 Å². The third-order valence-electron chi connectivity index (χ3n) is 4.37. The van der Waals surface area contributed by atoms with Crippen LogP contribution in [0.5, 0.6) is 0 Å². The molecule has 0 aliphatic carbocycles. The fourth-order valence-electron chi connectivity index (χ4n) is 2.61. The summed E-state index contributed by atoms with van der Waals surface area (Å²) in [6.45, 7) is 5.33. The summed E-state index contributed by atoms with van der Waals surface area (Å²) < 4.78 is 5.15. The molecule has 1 aromatic carbocycles. The van der Waals surface area contributed by atoms with E-state index >= 15 is 0 Å². The van der Waals surface area contributed by atoms with Crippen LogP contribution in [-0.2, 0) is 14.9 Å². The van der Waals surface area contributed by atoms with E-state index in [1.54, 1.807) is 7.11 Å². The van der Waals surface area contributed by atoms with Crippen molar-refractivity contribution < 1.29 is 9.53 Å². The van der Waals surface area contributed by atoms with Gasteiger partial charge in [0.1, 0.15) is 0 Å². The molecule has 22 heavy (non-hydrogen) atoms. The molecule has 0 bridgehead atoms. The number of nitrogens with two attached hydrogens (primary N) is 1. The summed E-state index contributed by atoms with van der Waals surface area (Å²) in [5, 5.41) is 3.05. The minimum absolute atomic E-state index is 0.